The molecule has 34 heavy (non-hydrogen) atoms. The van der Waals surface area contributed by atoms with E-state index in [2.05, 4.69) is 10.6 Å². The molecule has 5 fully saturated rings. The van der Waals surface area contributed by atoms with Crippen LogP contribution >= 0.6 is 0 Å². The van der Waals surface area contributed by atoms with Gasteiger partial charge in [-0.1, -0.05) is 6.92 Å². The zero-order valence-electron chi connectivity index (χ0n) is 20.0. The third kappa shape index (κ3) is 4.42. The van der Waals surface area contributed by atoms with Gasteiger partial charge in [0.15, 0.2) is 0 Å². The maximum Gasteiger partial charge on any atom is 0.304 e. The average Bonchev–Trinajstić information content (AvgIpc) is 2.79. The second-order valence-electron chi connectivity index (χ2n) is 11.2. The van der Waals surface area contributed by atoms with Gasteiger partial charge in [-0.2, -0.15) is 0 Å². The molecule has 1 saturated heterocycles. The SMILES string of the molecule is CCCOc1nc([C@]2(CC(=O)O)CCCNC2)ccc1C(=O)NC1C2CC3CC1CC(O)(C3)C2. The summed E-state index contributed by atoms with van der Waals surface area (Å²) in [6.45, 7) is 3.84. The number of nitrogens with one attached hydrogen (secondary N) is 2. The molecule has 2 unspecified atom stereocenters. The third-order valence-electron chi connectivity index (χ3n) is 8.59. The van der Waals surface area contributed by atoms with Crippen molar-refractivity contribution in [3.63, 3.8) is 0 Å². The van der Waals surface area contributed by atoms with Gasteiger partial charge in [0.1, 0.15) is 5.56 Å². The van der Waals surface area contributed by atoms with E-state index in [0.717, 1.165) is 57.9 Å². The molecule has 1 aromatic rings. The van der Waals surface area contributed by atoms with E-state index in [9.17, 15) is 19.8 Å². The van der Waals surface area contributed by atoms with Crippen LogP contribution < -0.4 is 15.4 Å². The predicted molar refractivity (Wildman–Crippen MR) is 126 cm³/mol. The Labute approximate surface area is 200 Å². The maximum atomic E-state index is 13.4. The van der Waals surface area contributed by atoms with Crippen molar-refractivity contribution in [1.29, 1.82) is 0 Å². The van der Waals surface area contributed by atoms with Gasteiger partial charge in [0.05, 0.1) is 24.3 Å². The molecule has 4 saturated carbocycles. The number of aromatic nitrogens is 1. The predicted octanol–water partition coefficient (Wildman–Crippen LogP) is 2.64. The van der Waals surface area contributed by atoms with Gasteiger partial charge in [-0.05, 0) is 87.8 Å². The number of carbonyl (C=O) groups is 2. The number of hydrogen-bond acceptors (Lipinski definition) is 6. The molecule has 0 spiro atoms. The van der Waals surface area contributed by atoms with Gasteiger partial charge in [-0.3, -0.25) is 9.59 Å². The van der Waals surface area contributed by atoms with Crippen LogP contribution in [-0.4, -0.2) is 58.4 Å². The minimum absolute atomic E-state index is 0.0126. The number of aliphatic hydroxyl groups is 1. The monoisotopic (exact) mass is 471 g/mol. The standard InChI is InChI=1S/C26H37N3O5/c1-2-8-34-24-19(4-5-20(28-24)25(14-21(30)31)6-3-7-27-15-25)23(32)29-22-17-9-16-10-18(22)13-26(33,11-16)12-17/h4-5,16-18,22,27,33H,2-3,6-15H2,1H3,(H,29,32)(H,30,31)/t16?,17?,18?,22?,25-,26?/m0/s1. The first-order valence-corrected chi connectivity index (χ1v) is 12.9. The minimum atomic E-state index is -0.855. The van der Waals surface area contributed by atoms with E-state index in [4.69, 9.17) is 9.72 Å². The van der Waals surface area contributed by atoms with E-state index in [1.165, 1.54) is 0 Å². The molecule has 1 aromatic heterocycles. The molecular formula is C26H37N3O5. The van der Waals surface area contributed by atoms with Gasteiger partial charge in [0, 0.05) is 18.0 Å². The maximum absolute atomic E-state index is 13.4. The average molecular weight is 472 g/mol. The van der Waals surface area contributed by atoms with E-state index < -0.39 is 17.0 Å². The Morgan fingerprint density at radius 2 is 2.00 bits per heavy atom. The molecule has 5 aliphatic rings. The number of rotatable bonds is 8. The number of amides is 1. The van der Waals surface area contributed by atoms with Crippen molar-refractivity contribution in [3.05, 3.63) is 23.4 Å². The summed E-state index contributed by atoms with van der Waals surface area (Å²) in [4.78, 5) is 29.9. The molecule has 0 radical (unpaired) electrons. The topological polar surface area (TPSA) is 121 Å². The summed E-state index contributed by atoms with van der Waals surface area (Å²) in [5, 5.41) is 27.0. The first kappa shape index (κ1) is 23.5. The van der Waals surface area contributed by atoms with Gasteiger partial charge in [0.25, 0.3) is 5.91 Å². The number of carbonyl (C=O) groups excluding carboxylic acids is 1. The van der Waals surface area contributed by atoms with Crippen molar-refractivity contribution in [2.45, 2.75) is 81.8 Å². The number of carboxylic acid groups (broad SMARTS) is 1. The third-order valence-corrected chi connectivity index (χ3v) is 8.59. The largest absolute Gasteiger partial charge is 0.481 e. The summed E-state index contributed by atoms with van der Waals surface area (Å²) in [6.07, 6.45) is 6.97. The fourth-order valence-electron chi connectivity index (χ4n) is 7.38. The van der Waals surface area contributed by atoms with Crippen molar-refractivity contribution in [3.8, 4) is 5.88 Å². The second-order valence-corrected chi connectivity index (χ2v) is 11.2. The van der Waals surface area contributed by atoms with Crippen molar-refractivity contribution in [2.24, 2.45) is 17.8 Å². The summed E-state index contributed by atoms with van der Waals surface area (Å²) < 4.78 is 5.93. The van der Waals surface area contributed by atoms with Crippen LogP contribution in [0.4, 0.5) is 0 Å². The minimum Gasteiger partial charge on any atom is -0.481 e. The number of nitrogens with zero attached hydrogens (tertiary/aromatic N) is 1. The van der Waals surface area contributed by atoms with Crippen LogP contribution in [0, 0.1) is 17.8 Å². The van der Waals surface area contributed by atoms with Crippen LogP contribution in [0.1, 0.15) is 80.8 Å². The lowest BCUT2D eigenvalue weighted by molar-refractivity contribution is -0.138. The molecule has 8 heteroatoms. The highest BCUT2D eigenvalue weighted by Gasteiger charge is 2.55. The summed E-state index contributed by atoms with van der Waals surface area (Å²) in [5.41, 5.74) is -0.0797. The number of piperidine rings is 1. The lowest BCUT2D eigenvalue weighted by Crippen LogP contribution is -2.61. The van der Waals surface area contributed by atoms with E-state index in [-0.39, 0.29) is 24.2 Å². The molecule has 6 rings (SSSR count). The molecular weight excluding hydrogens is 434 g/mol. The Morgan fingerprint density at radius 1 is 1.24 bits per heavy atom. The number of aliphatic carboxylic acids is 1. The van der Waals surface area contributed by atoms with E-state index in [1.807, 2.05) is 13.0 Å². The van der Waals surface area contributed by atoms with Crippen molar-refractivity contribution >= 4 is 11.9 Å². The molecule has 0 aromatic carbocycles. The van der Waals surface area contributed by atoms with Crippen LogP contribution in [0.15, 0.2) is 12.1 Å². The van der Waals surface area contributed by atoms with Gasteiger partial charge >= 0.3 is 5.97 Å². The normalized spacial score (nSPS) is 36.3. The van der Waals surface area contributed by atoms with Crippen molar-refractivity contribution in [1.82, 2.24) is 15.6 Å². The first-order chi connectivity index (χ1) is 16.3. The molecule has 4 bridgehead atoms. The van der Waals surface area contributed by atoms with E-state index in [0.29, 0.717) is 42.2 Å². The Hall–Kier alpha value is -2.19. The smallest absolute Gasteiger partial charge is 0.304 e. The van der Waals surface area contributed by atoms with Crippen LogP contribution in [0.2, 0.25) is 0 Å². The summed E-state index contributed by atoms with van der Waals surface area (Å²) in [5.74, 6) is 0.457. The molecule has 1 amide bonds. The summed E-state index contributed by atoms with van der Waals surface area (Å²) in [6, 6.07) is 3.64. The van der Waals surface area contributed by atoms with Crippen LogP contribution in [0.3, 0.4) is 0 Å². The van der Waals surface area contributed by atoms with Gasteiger partial charge in [0.2, 0.25) is 5.88 Å². The lowest BCUT2D eigenvalue weighted by Gasteiger charge is -2.58. The first-order valence-electron chi connectivity index (χ1n) is 12.9. The number of carboxylic acids is 1. The molecule has 8 nitrogen and oxygen atoms in total. The van der Waals surface area contributed by atoms with Crippen molar-refractivity contribution in [2.75, 3.05) is 19.7 Å². The van der Waals surface area contributed by atoms with E-state index in [1.54, 1.807) is 6.07 Å². The zero-order chi connectivity index (χ0) is 23.9. The van der Waals surface area contributed by atoms with Gasteiger partial charge in [-0.15, -0.1) is 0 Å². The molecule has 186 valence electrons. The molecule has 1 aliphatic heterocycles. The second kappa shape index (κ2) is 9.11. The fourth-order valence-corrected chi connectivity index (χ4v) is 7.38. The van der Waals surface area contributed by atoms with Crippen LogP contribution in [-0.2, 0) is 10.2 Å². The van der Waals surface area contributed by atoms with Gasteiger partial charge in [-0.25, -0.2) is 4.98 Å². The zero-order valence-corrected chi connectivity index (χ0v) is 20.0. The molecule has 2 heterocycles. The molecule has 4 aliphatic carbocycles. The highest BCUT2D eigenvalue weighted by atomic mass is 16.5. The molecule has 4 N–H and O–H groups in total. The number of hydrogen-bond donors (Lipinski definition) is 4. The Morgan fingerprint density at radius 3 is 2.62 bits per heavy atom. The quantitative estimate of drug-likeness (QED) is 0.460. The Kier molecular flexibility index (Phi) is 6.31. The van der Waals surface area contributed by atoms with Gasteiger partial charge < -0.3 is 25.6 Å². The molecule has 3 atom stereocenters. The Bertz CT molecular complexity index is 928. The summed E-state index contributed by atoms with van der Waals surface area (Å²) >= 11 is 0. The number of pyridine rings is 1. The highest BCUT2D eigenvalue weighted by Crippen LogP contribution is 2.55. The van der Waals surface area contributed by atoms with E-state index >= 15 is 0 Å². The van der Waals surface area contributed by atoms with Crippen LogP contribution in [0.25, 0.3) is 0 Å². The Balaban J connectivity index is 1.40. The number of ether oxygens (including phenoxy) is 1. The lowest BCUT2D eigenvalue weighted by atomic mass is 9.52. The highest BCUT2D eigenvalue weighted by molar-refractivity contribution is 5.96. The fraction of sp³-hybridized carbons (Fsp3) is 0.731. The van der Waals surface area contributed by atoms with Crippen molar-refractivity contribution < 1.29 is 24.5 Å². The summed E-state index contributed by atoms with van der Waals surface area (Å²) in [7, 11) is 0. The van der Waals surface area contributed by atoms with Crippen LogP contribution in [0.5, 0.6) is 5.88 Å².